The Kier molecular flexibility index (Phi) is 5.79. The fraction of sp³-hybridized carbons (Fsp3) is 0.500. The molecule has 2 aliphatic carbocycles. The summed E-state index contributed by atoms with van der Waals surface area (Å²) in [5.41, 5.74) is 2.43. The van der Waals surface area contributed by atoms with Crippen LogP contribution in [0.1, 0.15) is 48.7 Å². The molecule has 39 heavy (non-hydrogen) atoms. The van der Waals surface area contributed by atoms with Gasteiger partial charge in [0.15, 0.2) is 11.9 Å². The van der Waals surface area contributed by atoms with E-state index in [1.165, 1.54) is 35.4 Å². The van der Waals surface area contributed by atoms with Crippen LogP contribution in [0.2, 0.25) is 18.1 Å². The first-order valence-electron chi connectivity index (χ1n) is 13.7. The third kappa shape index (κ3) is 3.84. The van der Waals surface area contributed by atoms with E-state index in [-0.39, 0.29) is 33.7 Å². The summed E-state index contributed by atoms with van der Waals surface area (Å²) in [6, 6.07) is 10.2. The highest BCUT2D eigenvalue weighted by molar-refractivity contribution is 6.74. The van der Waals surface area contributed by atoms with Gasteiger partial charge in [-0.2, -0.15) is 0 Å². The summed E-state index contributed by atoms with van der Waals surface area (Å²) in [5.74, 6) is 1.33. The number of non-ortho nitro benzene ring substituents is 1. The van der Waals surface area contributed by atoms with Crippen molar-refractivity contribution in [2.45, 2.75) is 75.4 Å². The Balaban J connectivity index is 1.39. The molecule has 4 aliphatic rings. The zero-order valence-electron chi connectivity index (χ0n) is 23.4. The SMILES string of the molecule is CN1CC[C@]23c4c5ccc(O[Si](C)(C)C(C)(C)C)c4O[C@H]2[C@@H](OC(=O)c2ccc([N+](=O)[O-])cc2)C=C[C@H]3[C@H]1C5. The Morgan fingerprint density at radius 3 is 2.54 bits per heavy atom. The number of ether oxygens (including phenoxy) is 2. The van der Waals surface area contributed by atoms with Crippen molar-refractivity contribution in [1.82, 2.24) is 4.90 Å². The van der Waals surface area contributed by atoms with Gasteiger partial charge in [0.05, 0.1) is 10.5 Å². The molecule has 0 saturated carbocycles. The normalized spacial score (nSPS) is 28.9. The van der Waals surface area contributed by atoms with Gasteiger partial charge in [-0.25, -0.2) is 4.79 Å². The molecule has 5 atom stereocenters. The zero-order valence-corrected chi connectivity index (χ0v) is 24.4. The molecule has 1 spiro atoms. The summed E-state index contributed by atoms with van der Waals surface area (Å²) < 4.78 is 19.8. The molecule has 2 bridgehead atoms. The maximum Gasteiger partial charge on any atom is 0.338 e. The van der Waals surface area contributed by atoms with Crippen molar-refractivity contribution in [3.63, 3.8) is 0 Å². The molecule has 1 fully saturated rings. The fourth-order valence-corrected chi connectivity index (χ4v) is 7.75. The second kappa shape index (κ2) is 8.66. The zero-order chi connectivity index (χ0) is 27.9. The maximum absolute atomic E-state index is 13.2. The predicted molar refractivity (Wildman–Crippen MR) is 150 cm³/mol. The second-order valence-corrected chi connectivity index (χ2v) is 17.7. The smallest absolute Gasteiger partial charge is 0.338 e. The highest BCUT2D eigenvalue weighted by Crippen LogP contribution is 2.63. The maximum atomic E-state index is 13.2. The third-order valence-corrected chi connectivity index (χ3v) is 14.2. The van der Waals surface area contributed by atoms with Gasteiger partial charge in [-0.3, -0.25) is 10.1 Å². The summed E-state index contributed by atoms with van der Waals surface area (Å²) in [5, 5.41) is 11.1. The molecule has 6 rings (SSSR count). The predicted octanol–water partition coefficient (Wildman–Crippen LogP) is 5.65. The van der Waals surface area contributed by atoms with Gasteiger partial charge in [-0.1, -0.05) is 32.9 Å². The number of hydrogen-bond donors (Lipinski definition) is 0. The van der Waals surface area contributed by atoms with E-state index in [4.69, 9.17) is 13.9 Å². The highest BCUT2D eigenvalue weighted by atomic mass is 28.4. The van der Waals surface area contributed by atoms with Crippen LogP contribution in [0, 0.1) is 16.0 Å². The topological polar surface area (TPSA) is 91.1 Å². The van der Waals surface area contributed by atoms with Crippen molar-refractivity contribution in [1.29, 1.82) is 0 Å². The lowest BCUT2D eigenvalue weighted by molar-refractivity contribution is -0.384. The molecule has 206 valence electrons. The minimum absolute atomic E-state index is 0.0326. The largest absolute Gasteiger partial charge is 0.541 e. The number of esters is 1. The van der Waals surface area contributed by atoms with E-state index in [0.717, 1.165) is 30.9 Å². The molecule has 9 heteroatoms. The van der Waals surface area contributed by atoms with Crippen LogP contribution >= 0.6 is 0 Å². The second-order valence-electron chi connectivity index (χ2n) is 13.0. The van der Waals surface area contributed by atoms with Crippen LogP contribution in [0.5, 0.6) is 11.5 Å². The average Bonchev–Trinajstić information content (AvgIpc) is 3.23. The molecule has 0 radical (unpaired) electrons. The number of rotatable bonds is 5. The summed E-state index contributed by atoms with van der Waals surface area (Å²) in [6.45, 7) is 12.1. The van der Waals surface area contributed by atoms with Crippen molar-refractivity contribution in [3.05, 3.63) is 75.4 Å². The Morgan fingerprint density at radius 1 is 1.15 bits per heavy atom. The first-order valence-corrected chi connectivity index (χ1v) is 16.6. The van der Waals surface area contributed by atoms with E-state index in [1.807, 2.05) is 6.08 Å². The van der Waals surface area contributed by atoms with E-state index < -0.39 is 25.3 Å². The molecule has 2 aromatic carbocycles. The molecule has 2 heterocycles. The molecule has 2 aliphatic heterocycles. The lowest BCUT2D eigenvalue weighted by Gasteiger charge is -2.56. The van der Waals surface area contributed by atoms with Crippen LogP contribution in [-0.2, 0) is 16.6 Å². The number of carbonyl (C=O) groups excluding carboxylic acids is 1. The molecular weight excluding hydrogens is 512 g/mol. The standard InChI is InChI=1S/C30H36N2O6Si/c1-29(2,3)39(5,6)38-23-13-9-19-17-22-21-12-14-24(36-28(33)18-7-10-20(11-8-18)32(34)35)27-30(21,15-16-31(22)4)25(19)26(23)37-27/h7-14,21-22,24,27H,15-17H2,1-6H3/t21-,22+,24-,27-,30-/m0/s1. The van der Waals surface area contributed by atoms with Crippen LogP contribution < -0.4 is 9.16 Å². The average molecular weight is 549 g/mol. The molecule has 0 aromatic heterocycles. The third-order valence-electron chi connectivity index (χ3n) is 9.84. The van der Waals surface area contributed by atoms with Crippen molar-refractivity contribution < 1.29 is 23.6 Å². The summed E-state index contributed by atoms with van der Waals surface area (Å²) in [4.78, 5) is 26.2. The lowest BCUT2D eigenvalue weighted by Crippen LogP contribution is -2.65. The van der Waals surface area contributed by atoms with Crippen molar-refractivity contribution in [3.8, 4) is 11.5 Å². The van der Waals surface area contributed by atoms with E-state index in [0.29, 0.717) is 6.04 Å². The number of nitro benzene ring substituents is 1. The number of benzene rings is 2. The van der Waals surface area contributed by atoms with Gasteiger partial charge in [0.1, 0.15) is 11.9 Å². The molecule has 1 saturated heterocycles. The minimum Gasteiger partial charge on any atom is -0.541 e. The van der Waals surface area contributed by atoms with E-state index >= 15 is 0 Å². The number of nitrogens with zero attached hydrogens (tertiary/aromatic N) is 2. The number of carbonyl (C=O) groups is 1. The van der Waals surface area contributed by atoms with E-state index in [9.17, 15) is 14.9 Å². The Morgan fingerprint density at radius 2 is 1.87 bits per heavy atom. The Labute approximate surface area is 230 Å². The lowest BCUT2D eigenvalue weighted by atomic mass is 9.53. The molecule has 0 N–H and O–H groups in total. The van der Waals surface area contributed by atoms with Crippen LogP contribution in [0.4, 0.5) is 5.69 Å². The monoisotopic (exact) mass is 548 g/mol. The van der Waals surface area contributed by atoms with Gasteiger partial charge >= 0.3 is 5.97 Å². The summed E-state index contributed by atoms with van der Waals surface area (Å²) in [6.07, 6.45) is 5.09. The first kappa shape index (κ1) is 26.1. The van der Waals surface area contributed by atoms with Gasteiger partial charge in [0.25, 0.3) is 14.0 Å². The number of hydrogen-bond acceptors (Lipinski definition) is 7. The van der Waals surface area contributed by atoms with Crippen LogP contribution in [0.15, 0.2) is 48.6 Å². The van der Waals surface area contributed by atoms with Crippen molar-refractivity contribution >= 4 is 20.0 Å². The van der Waals surface area contributed by atoms with Gasteiger partial charge in [-0.05, 0) is 74.4 Å². The van der Waals surface area contributed by atoms with E-state index in [2.05, 4.69) is 64.0 Å². The van der Waals surface area contributed by atoms with Gasteiger partial charge in [0, 0.05) is 35.1 Å². The number of nitro groups is 1. The van der Waals surface area contributed by atoms with E-state index in [1.54, 1.807) is 0 Å². The highest BCUT2D eigenvalue weighted by Gasteiger charge is 2.65. The number of likely N-dealkylation sites (N-methyl/N-ethyl adjacent to an activating group) is 1. The number of piperidine rings is 1. The minimum atomic E-state index is -2.14. The quantitative estimate of drug-likeness (QED) is 0.157. The van der Waals surface area contributed by atoms with Gasteiger partial charge < -0.3 is 18.8 Å². The molecular formula is C30H36N2O6Si. The van der Waals surface area contributed by atoms with Crippen LogP contribution in [-0.4, -0.2) is 56.0 Å². The van der Waals surface area contributed by atoms with Crippen LogP contribution in [0.3, 0.4) is 0 Å². The van der Waals surface area contributed by atoms with Crippen LogP contribution in [0.25, 0.3) is 0 Å². The van der Waals surface area contributed by atoms with Gasteiger partial charge in [-0.15, -0.1) is 0 Å². The summed E-state index contributed by atoms with van der Waals surface area (Å²) >= 11 is 0. The summed E-state index contributed by atoms with van der Waals surface area (Å²) in [7, 11) is 0.0562. The molecule has 2 aromatic rings. The molecule has 0 amide bonds. The molecule has 8 nitrogen and oxygen atoms in total. The Hall–Kier alpha value is -3.17. The van der Waals surface area contributed by atoms with Gasteiger partial charge in [0.2, 0.25) is 0 Å². The fourth-order valence-electron chi connectivity index (χ4n) is 6.73. The van der Waals surface area contributed by atoms with Crippen molar-refractivity contribution in [2.24, 2.45) is 5.92 Å². The number of likely N-dealkylation sites (tertiary alicyclic amines) is 1. The van der Waals surface area contributed by atoms with Crippen molar-refractivity contribution in [2.75, 3.05) is 13.6 Å². The first-order chi connectivity index (χ1) is 18.3. The molecule has 0 unspecified atom stereocenters. The Bertz CT molecular complexity index is 1380.